The van der Waals surface area contributed by atoms with E-state index in [1.807, 2.05) is 6.92 Å². The number of carbonyl (C=O) groups is 1. The first-order valence-corrected chi connectivity index (χ1v) is 5.58. The highest BCUT2D eigenvalue weighted by atomic mass is 16.5. The lowest BCUT2D eigenvalue weighted by Crippen LogP contribution is -2.49. The lowest BCUT2D eigenvalue weighted by atomic mass is 10.1. The van der Waals surface area contributed by atoms with E-state index in [4.69, 9.17) is 15.7 Å². The average Bonchev–Trinajstić information content (AvgIpc) is 2.35. The molecule has 0 aromatic carbocycles. The van der Waals surface area contributed by atoms with Gasteiger partial charge in [0, 0.05) is 6.61 Å². The number of amides is 1. The standard InChI is InChI=1S/C10H19N3O3/c1-2-7(9(11)13-15)12-10(14)8-5-3-4-6-16-8/h7-8,15H,2-6H2,1H3,(H2,11,13)(H,12,14). The van der Waals surface area contributed by atoms with Crippen LogP contribution in [0, 0.1) is 0 Å². The van der Waals surface area contributed by atoms with Crippen LogP contribution in [0.25, 0.3) is 0 Å². The summed E-state index contributed by atoms with van der Waals surface area (Å²) in [5, 5.41) is 14.1. The molecule has 0 aromatic rings. The fourth-order valence-electron chi connectivity index (χ4n) is 1.67. The van der Waals surface area contributed by atoms with Gasteiger partial charge in [0.1, 0.15) is 6.10 Å². The number of hydrogen-bond donors (Lipinski definition) is 3. The second-order valence-corrected chi connectivity index (χ2v) is 3.85. The van der Waals surface area contributed by atoms with Gasteiger partial charge in [-0.1, -0.05) is 12.1 Å². The van der Waals surface area contributed by atoms with Crippen LogP contribution in [0.15, 0.2) is 5.16 Å². The van der Waals surface area contributed by atoms with Crippen molar-refractivity contribution in [3.05, 3.63) is 0 Å². The number of nitrogens with one attached hydrogen (secondary N) is 1. The van der Waals surface area contributed by atoms with E-state index >= 15 is 0 Å². The van der Waals surface area contributed by atoms with Crippen LogP contribution in [0.1, 0.15) is 32.6 Å². The monoisotopic (exact) mass is 229 g/mol. The molecule has 1 aliphatic rings. The number of oxime groups is 1. The van der Waals surface area contributed by atoms with Gasteiger partial charge in [0.05, 0.1) is 6.04 Å². The molecule has 92 valence electrons. The summed E-state index contributed by atoms with van der Waals surface area (Å²) in [6, 6.07) is -0.428. The Bertz CT molecular complexity index is 262. The first-order valence-electron chi connectivity index (χ1n) is 5.58. The van der Waals surface area contributed by atoms with Crippen molar-refractivity contribution in [2.75, 3.05) is 6.61 Å². The first-order chi connectivity index (χ1) is 7.69. The van der Waals surface area contributed by atoms with Gasteiger partial charge in [-0.25, -0.2) is 0 Å². The number of amidine groups is 1. The maximum absolute atomic E-state index is 11.8. The molecule has 0 radical (unpaired) electrons. The highest BCUT2D eigenvalue weighted by Crippen LogP contribution is 2.12. The molecular weight excluding hydrogens is 210 g/mol. The molecule has 2 unspecified atom stereocenters. The highest BCUT2D eigenvalue weighted by molar-refractivity contribution is 5.91. The molecule has 1 saturated heterocycles. The third-order valence-electron chi connectivity index (χ3n) is 2.67. The van der Waals surface area contributed by atoms with Crippen LogP contribution in [0.5, 0.6) is 0 Å². The molecule has 0 aromatic heterocycles. The minimum Gasteiger partial charge on any atom is -0.409 e. The normalized spacial score (nSPS) is 23.8. The quantitative estimate of drug-likeness (QED) is 0.277. The maximum atomic E-state index is 11.8. The molecular formula is C10H19N3O3. The molecule has 1 rings (SSSR count). The van der Waals surface area contributed by atoms with Crippen molar-refractivity contribution >= 4 is 11.7 Å². The zero-order valence-corrected chi connectivity index (χ0v) is 9.48. The van der Waals surface area contributed by atoms with Crippen molar-refractivity contribution in [3.63, 3.8) is 0 Å². The predicted molar refractivity (Wildman–Crippen MR) is 59.2 cm³/mol. The molecule has 0 saturated carbocycles. The van der Waals surface area contributed by atoms with Gasteiger partial charge < -0.3 is 21.0 Å². The number of hydrogen-bond acceptors (Lipinski definition) is 4. The van der Waals surface area contributed by atoms with E-state index in [0.29, 0.717) is 13.0 Å². The SMILES string of the molecule is CCC(NC(=O)C1CCCCO1)C(N)=NO. The van der Waals surface area contributed by atoms with E-state index in [9.17, 15) is 4.79 Å². The minimum atomic E-state index is -0.428. The molecule has 4 N–H and O–H groups in total. The van der Waals surface area contributed by atoms with Gasteiger partial charge in [-0.2, -0.15) is 0 Å². The molecule has 6 heteroatoms. The summed E-state index contributed by atoms with van der Waals surface area (Å²) >= 11 is 0. The third-order valence-corrected chi connectivity index (χ3v) is 2.67. The van der Waals surface area contributed by atoms with E-state index in [0.717, 1.165) is 19.3 Å². The fourth-order valence-corrected chi connectivity index (χ4v) is 1.67. The van der Waals surface area contributed by atoms with E-state index in [-0.39, 0.29) is 11.7 Å². The lowest BCUT2D eigenvalue weighted by Gasteiger charge is -2.24. The molecule has 0 aliphatic carbocycles. The van der Waals surface area contributed by atoms with Gasteiger partial charge in [-0.15, -0.1) is 0 Å². The average molecular weight is 229 g/mol. The Hall–Kier alpha value is -1.30. The first kappa shape index (κ1) is 12.8. The van der Waals surface area contributed by atoms with Gasteiger partial charge in [-0.3, -0.25) is 4.79 Å². The second kappa shape index (κ2) is 6.32. The molecule has 1 amide bonds. The minimum absolute atomic E-state index is 0.0201. The Kier molecular flexibility index (Phi) is 5.04. The van der Waals surface area contributed by atoms with Crippen LogP contribution in [-0.2, 0) is 9.53 Å². The van der Waals surface area contributed by atoms with Crippen molar-refractivity contribution in [2.45, 2.75) is 44.8 Å². The Balaban J connectivity index is 2.47. The summed E-state index contributed by atoms with van der Waals surface area (Å²) in [5.74, 6) is -0.162. The highest BCUT2D eigenvalue weighted by Gasteiger charge is 2.24. The molecule has 0 bridgehead atoms. The van der Waals surface area contributed by atoms with E-state index in [1.165, 1.54) is 0 Å². The van der Waals surface area contributed by atoms with Gasteiger partial charge in [-0.05, 0) is 25.7 Å². The Morgan fingerprint density at radius 3 is 2.94 bits per heavy atom. The van der Waals surface area contributed by atoms with E-state index < -0.39 is 12.1 Å². The zero-order valence-electron chi connectivity index (χ0n) is 9.48. The number of carbonyl (C=O) groups excluding carboxylic acids is 1. The molecule has 6 nitrogen and oxygen atoms in total. The van der Waals surface area contributed by atoms with Crippen LogP contribution in [-0.4, -0.2) is 35.7 Å². The summed E-state index contributed by atoms with van der Waals surface area (Å²) in [4.78, 5) is 11.8. The molecule has 16 heavy (non-hydrogen) atoms. The zero-order chi connectivity index (χ0) is 12.0. The Morgan fingerprint density at radius 2 is 2.44 bits per heavy atom. The smallest absolute Gasteiger partial charge is 0.249 e. The number of rotatable bonds is 4. The van der Waals surface area contributed by atoms with Crippen molar-refractivity contribution in [1.29, 1.82) is 0 Å². The van der Waals surface area contributed by atoms with Crippen LogP contribution in [0.2, 0.25) is 0 Å². The molecule has 1 fully saturated rings. The van der Waals surface area contributed by atoms with Crippen molar-refractivity contribution in [1.82, 2.24) is 5.32 Å². The van der Waals surface area contributed by atoms with E-state index in [1.54, 1.807) is 0 Å². The second-order valence-electron chi connectivity index (χ2n) is 3.85. The number of nitrogens with two attached hydrogens (primary N) is 1. The summed E-state index contributed by atoms with van der Waals surface area (Å²) in [5.41, 5.74) is 5.45. The summed E-state index contributed by atoms with van der Waals surface area (Å²) in [6.07, 6.45) is 2.92. The predicted octanol–water partition coefficient (Wildman–Crippen LogP) is 0.197. The molecule has 1 heterocycles. The van der Waals surface area contributed by atoms with Gasteiger partial charge in [0.25, 0.3) is 0 Å². The maximum Gasteiger partial charge on any atom is 0.249 e. The van der Waals surface area contributed by atoms with Crippen molar-refractivity contribution in [2.24, 2.45) is 10.9 Å². The Morgan fingerprint density at radius 1 is 1.69 bits per heavy atom. The number of ether oxygens (including phenoxy) is 1. The number of nitrogens with zero attached hydrogens (tertiary/aromatic N) is 1. The van der Waals surface area contributed by atoms with Crippen molar-refractivity contribution < 1.29 is 14.7 Å². The van der Waals surface area contributed by atoms with Gasteiger partial charge >= 0.3 is 0 Å². The summed E-state index contributed by atoms with van der Waals surface area (Å²) in [7, 11) is 0. The molecule has 2 atom stereocenters. The van der Waals surface area contributed by atoms with Crippen molar-refractivity contribution in [3.8, 4) is 0 Å². The summed E-state index contributed by atoms with van der Waals surface area (Å²) < 4.78 is 5.34. The van der Waals surface area contributed by atoms with Gasteiger partial charge in [0.15, 0.2) is 5.84 Å². The van der Waals surface area contributed by atoms with E-state index in [2.05, 4.69) is 10.5 Å². The topological polar surface area (TPSA) is 96.9 Å². The Labute approximate surface area is 94.8 Å². The fraction of sp³-hybridized carbons (Fsp3) is 0.800. The van der Waals surface area contributed by atoms with Crippen LogP contribution >= 0.6 is 0 Å². The van der Waals surface area contributed by atoms with Gasteiger partial charge in [0.2, 0.25) is 5.91 Å². The molecule has 1 aliphatic heterocycles. The van der Waals surface area contributed by atoms with Crippen LogP contribution < -0.4 is 11.1 Å². The van der Waals surface area contributed by atoms with Crippen LogP contribution in [0.4, 0.5) is 0 Å². The summed E-state index contributed by atoms with van der Waals surface area (Å²) in [6.45, 7) is 2.48. The third kappa shape index (κ3) is 3.37. The lowest BCUT2D eigenvalue weighted by molar-refractivity contribution is -0.135. The van der Waals surface area contributed by atoms with Crippen LogP contribution in [0.3, 0.4) is 0 Å². The largest absolute Gasteiger partial charge is 0.409 e. The molecule has 0 spiro atoms.